The van der Waals surface area contributed by atoms with E-state index in [0.717, 1.165) is 26.5 Å². The summed E-state index contributed by atoms with van der Waals surface area (Å²) in [4.78, 5) is 280. The number of nitrogens with one attached hydrogen (secondary N) is 13. The second-order valence-corrected chi connectivity index (χ2v) is 35.0. The molecule has 0 saturated carbocycles. The van der Waals surface area contributed by atoms with E-state index in [1.54, 1.807) is 74.8 Å². The first-order valence-corrected chi connectivity index (χ1v) is 45.9. The number of aromatic amines is 3. The molecule has 0 aliphatic carbocycles. The molecular weight excluding hydrogens is 1760 g/mol. The second-order valence-electron chi connectivity index (χ2n) is 34.0. The molecule has 6 aromatic rings. The van der Waals surface area contributed by atoms with Crippen molar-refractivity contribution in [3.8, 4) is 5.75 Å². The van der Waals surface area contributed by atoms with E-state index in [1.165, 1.54) is 74.7 Å². The van der Waals surface area contributed by atoms with Gasteiger partial charge in [-0.05, 0) is 105 Å². The number of primary amides is 2. The van der Waals surface area contributed by atoms with E-state index in [-0.39, 0.29) is 88.2 Å². The number of phenols is 1. The first kappa shape index (κ1) is 106. The fourth-order valence-corrected chi connectivity index (χ4v) is 16.9. The highest BCUT2D eigenvalue weighted by molar-refractivity contribution is 8.00. The lowest BCUT2D eigenvalue weighted by Gasteiger charge is -2.36. The molecule has 44 heteroatoms. The number of likely N-dealkylation sites (N-methyl/N-ethyl adjacent to an activating group) is 3. The third-order valence-corrected chi connectivity index (χ3v) is 24.5. The van der Waals surface area contributed by atoms with Crippen LogP contribution in [-0.2, 0) is 112 Å². The van der Waals surface area contributed by atoms with Crippen molar-refractivity contribution in [2.24, 2.45) is 23.1 Å². The number of carbonyl (C=O) groups excluding carboxylic acids is 17. The highest BCUT2D eigenvalue weighted by Crippen LogP contribution is 2.27. The lowest BCUT2D eigenvalue weighted by molar-refractivity contribution is -0.149. The number of aromatic hydroxyl groups is 1. The molecular formula is C90H126N22O21S. The van der Waals surface area contributed by atoms with Crippen molar-refractivity contribution in [2.45, 2.75) is 222 Å². The Balaban J connectivity index is 1.20. The number of para-hydroxylation sites is 2. The Hall–Kier alpha value is -13.5. The van der Waals surface area contributed by atoms with E-state index in [2.05, 4.69) is 73.1 Å². The summed E-state index contributed by atoms with van der Waals surface area (Å²) in [5, 5.41) is 58.4. The summed E-state index contributed by atoms with van der Waals surface area (Å²) in [6.45, 7) is 4.93. The molecule has 3 aromatic carbocycles. The number of rotatable bonds is 28. The smallest absolute Gasteiger partial charge is 0.303 e. The fraction of sp³-hybridized carbons (Fsp3) is 0.522. The van der Waals surface area contributed by atoms with Gasteiger partial charge in [-0.1, -0.05) is 102 Å². The predicted molar refractivity (Wildman–Crippen MR) is 492 cm³/mol. The number of β-amino-alcohol motifs (C(OH)–C–C–N with tert-alkyl or cyclic N) is 1. The molecule has 2 fully saturated rings. The van der Waals surface area contributed by atoms with Gasteiger partial charge in [0.15, 0.2) is 0 Å². The third kappa shape index (κ3) is 30.5. The number of hydrogen-bond donors (Lipinski definition) is 19. The van der Waals surface area contributed by atoms with Crippen LogP contribution in [0.3, 0.4) is 0 Å². The van der Waals surface area contributed by atoms with Crippen LogP contribution in [-0.4, -0.2) is 317 Å². The zero-order chi connectivity index (χ0) is 98.2. The number of aliphatic hydroxyl groups excluding tert-OH is 1. The number of aromatic nitrogens is 4. The predicted octanol–water partition coefficient (Wildman–Crippen LogP) is -2.11. The normalized spacial score (nSPS) is 23.4. The molecule has 43 nitrogen and oxygen atoms in total. The summed E-state index contributed by atoms with van der Waals surface area (Å²) in [6.07, 6.45) is 3.82. The van der Waals surface area contributed by atoms with E-state index < -0.39 is 248 Å². The highest BCUT2D eigenvalue weighted by atomic mass is 32.2. The molecule has 2 aliphatic rings. The topological polar surface area (TPSA) is 643 Å². The number of H-pyrrole nitrogens is 3. The van der Waals surface area contributed by atoms with Crippen LogP contribution in [0.25, 0.3) is 21.8 Å². The first-order valence-electron chi connectivity index (χ1n) is 44.8. The van der Waals surface area contributed by atoms with Gasteiger partial charge in [-0.25, -0.2) is 4.98 Å². The number of thioether (sulfide) groups is 1. The van der Waals surface area contributed by atoms with Crippen LogP contribution in [0, 0.1) is 5.92 Å². The van der Waals surface area contributed by atoms with Crippen LogP contribution in [0.5, 0.6) is 5.75 Å². The molecule has 728 valence electrons. The van der Waals surface area contributed by atoms with Crippen LogP contribution in [0.1, 0.15) is 140 Å². The number of carboxylic acids is 1. The molecule has 0 radical (unpaired) electrons. The number of aliphatic carboxylic acids is 1. The van der Waals surface area contributed by atoms with E-state index >= 15 is 28.8 Å². The van der Waals surface area contributed by atoms with Crippen molar-refractivity contribution in [1.82, 2.24) is 97.6 Å². The molecule has 5 heterocycles. The van der Waals surface area contributed by atoms with Crippen LogP contribution in [0.2, 0.25) is 0 Å². The summed E-state index contributed by atoms with van der Waals surface area (Å²) in [6, 6.07) is -0.607. The second kappa shape index (κ2) is 51.5. The van der Waals surface area contributed by atoms with Gasteiger partial charge in [0.05, 0.1) is 38.2 Å². The van der Waals surface area contributed by atoms with Gasteiger partial charge in [-0.2, -0.15) is 0 Å². The first-order chi connectivity index (χ1) is 63.8. The van der Waals surface area contributed by atoms with Crippen molar-refractivity contribution >= 4 is 140 Å². The molecule has 13 atom stereocenters. The molecule has 8 rings (SSSR count). The van der Waals surface area contributed by atoms with Gasteiger partial charge in [-0.3, -0.25) is 86.3 Å². The number of fused-ring (bicyclic) bond motifs is 3. The van der Waals surface area contributed by atoms with Crippen molar-refractivity contribution in [2.75, 3.05) is 72.0 Å². The van der Waals surface area contributed by atoms with E-state index in [1.807, 2.05) is 13.8 Å². The van der Waals surface area contributed by atoms with Crippen molar-refractivity contribution < 1.29 is 102 Å². The standard InChI is InChI=1S/C90H126N22O21S/c1-9-11-22-70-84(127)103-63(36-50(3)4)81(124)107-69(79(122)97-45-74(93)116)47-134-48-76(118)100-66(37-52-25-27-56(114)28-26-52)86(129)108(6)51(5)78(121)105-68(41-73(92)115)89(132)112-33-17-24-71(112)85(128)104-65(40-55-44-94-49-98-55)83(126)102-62(29-30-77(119)120)88(131)111(34-35-113)46-75(117)99-64(38-53-42-95-59-20-15-13-18-57(53)59)82(125)101-61(31-32-91)80(123)106-67(39-54-43-96-60-21-16-14-19-58(54)60)87(130)110(8)72(23-12-10-2)90(133)109(70)7/h13-16,18-21,25-28,42-44,49-51,61-72,95-96,113-114H,9-12,17,22-24,29-41,45-48,91H2,1-8H3,(H2,92,115)(H2,93,116)(H,94,98)(H,97,122)(H,99,117)(H,100,118)(H,101,125)(H,102,126)(H,103,127)(H,104,128)(H,105,121)(H,106,123)(H,107,124)(H,119,120)/t51-,61-,62-,63-,64-,65-,66-,67-,68-,69-,70-,71-,72-/m0/s1. The van der Waals surface area contributed by atoms with E-state index in [0.29, 0.717) is 64.2 Å². The largest absolute Gasteiger partial charge is 0.508 e. The number of nitrogens with zero attached hydrogens (tertiary/aromatic N) is 6. The maximum atomic E-state index is 15.8. The number of unbranched alkanes of at least 4 members (excludes halogenated alkanes) is 2. The minimum absolute atomic E-state index is 0.0223. The Kier molecular flexibility index (Phi) is 40.7. The van der Waals surface area contributed by atoms with Crippen molar-refractivity contribution in [3.63, 3.8) is 0 Å². The summed E-state index contributed by atoms with van der Waals surface area (Å²) in [5.41, 5.74) is 20.3. The fourth-order valence-electron chi connectivity index (χ4n) is 16.0. The lowest BCUT2D eigenvalue weighted by Crippen LogP contribution is -2.61. The van der Waals surface area contributed by atoms with E-state index in [4.69, 9.17) is 17.2 Å². The molecule has 2 aliphatic heterocycles. The maximum Gasteiger partial charge on any atom is 0.303 e. The van der Waals surface area contributed by atoms with Gasteiger partial charge in [-0.15, -0.1) is 11.8 Å². The molecule has 0 bridgehead atoms. The Morgan fingerprint density at radius 1 is 0.560 bits per heavy atom. The Morgan fingerprint density at radius 2 is 1.10 bits per heavy atom. The Morgan fingerprint density at radius 3 is 1.69 bits per heavy atom. The molecule has 22 N–H and O–H groups in total. The SMILES string of the molecule is CCCC[C@H]1C(=O)N(C)[C@@H](CCCC)C(=O)N[C@@H](CC(C)C)C(=O)N[C@H](C(=O)NCC(N)=O)CSCC(=O)N[C@@H](Cc2ccc(O)cc2)C(=O)N(C)[C@@H](C)C(=O)N[C@@H](CC(N)=O)C(=O)N2CCC[C@H]2C(=O)N[C@@H](Cc2cnc[nH]2)C(=O)N[C@@H](CCC(=O)O)C(=O)N(CCO)CC(=O)N[C@@H](Cc2c[nH]c3ccccc23)C(=O)N[C@@H](CCN)C(=O)N[C@@H](Cc2c[nH]c3ccccc23)C(=O)N1C. The summed E-state index contributed by atoms with van der Waals surface area (Å²) in [7, 11) is 3.96. The number of carbonyl (C=O) groups is 18. The zero-order valence-corrected chi connectivity index (χ0v) is 77.3. The van der Waals surface area contributed by atoms with Gasteiger partial charge in [0.2, 0.25) is 100 Å². The minimum Gasteiger partial charge on any atom is -0.508 e. The highest BCUT2D eigenvalue weighted by Gasteiger charge is 2.44. The van der Waals surface area contributed by atoms with E-state index in [9.17, 15) is 72.9 Å². The number of imidazole rings is 1. The molecule has 0 unspecified atom stereocenters. The summed E-state index contributed by atoms with van der Waals surface area (Å²) in [5.74, 6) is -19.1. The van der Waals surface area contributed by atoms with Crippen LogP contribution >= 0.6 is 11.8 Å². The number of benzene rings is 3. The van der Waals surface area contributed by atoms with Crippen LogP contribution < -0.4 is 70.4 Å². The maximum absolute atomic E-state index is 15.8. The van der Waals surface area contributed by atoms with Crippen LogP contribution in [0.15, 0.2) is 97.7 Å². The number of amides is 17. The third-order valence-electron chi connectivity index (χ3n) is 23.4. The molecule has 2 saturated heterocycles. The van der Waals surface area contributed by atoms with Gasteiger partial charge in [0.25, 0.3) is 0 Å². The van der Waals surface area contributed by atoms with Crippen molar-refractivity contribution in [1.29, 1.82) is 0 Å². The average Bonchev–Trinajstić information content (AvgIpc) is 1.27. The van der Waals surface area contributed by atoms with Crippen molar-refractivity contribution in [3.05, 3.63) is 120 Å². The molecule has 3 aromatic heterocycles. The number of carboxylic acid groups (broad SMARTS) is 1. The number of hydrogen-bond acceptors (Lipinski definition) is 23. The average molecular weight is 1880 g/mol. The summed E-state index contributed by atoms with van der Waals surface area (Å²) >= 11 is 0.786. The zero-order valence-electron chi connectivity index (χ0n) is 76.5. The number of nitrogens with two attached hydrogens (primary N) is 3. The summed E-state index contributed by atoms with van der Waals surface area (Å²) < 4.78 is 0. The number of aliphatic hydroxyl groups is 1. The quantitative estimate of drug-likeness (QED) is 0.0250. The Bertz CT molecular complexity index is 5130. The number of phenolic OH excluding ortho intramolecular Hbond substituents is 1. The molecule has 0 spiro atoms. The lowest BCUT2D eigenvalue weighted by atomic mass is 9.99. The Labute approximate surface area is 778 Å². The van der Waals surface area contributed by atoms with Crippen LogP contribution in [0.4, 0.5) is 0 Å². The van der Waals surface area contributed by atoms with Gasteiger partial charge in [0.1, 0.15) is 84.3 Å². The van der Waals surface area contributed by atoms with Gasteiger partial charge >= 0.3 is 5.97 Å². The minimum atomic E-state index is -1.85. The monoisotopic (exact) mass is 1880 g/mol. The molecule has 17 amide bonds. The van der Waals surface area contributed by atoms with Gasteiger partial charge in [0, 0.05) is 118 Å². The van der Waals surface area contributed by atoms with Gasteiger partial charge < -0.3 is 125 Å². The molecule has 134 heavy (non-hydrogen) atoms.